The van der Waals surface area contributed by atoms with Gasteiger partial charge in [-0.05, 0) is 36.4 Å². The molecule has 7 nitrogen and oxygen atoms in total. The highest BCUT2D eigenvalue weighted by atomic mass is 16.7. The number of nitrogens with zero attached hydrogens (tertiary/aromatic N) is 3. The first-order valence-corrected chi connectivity index (χ1v) is 9.28. The molecule has 0 unspecified atom stereocenters. The Hall–Kier alpha value is -3.22. The molecule has 0 aromatic heterocycles. The van der Waals surface area contributed by atoms with Crippen LogP contribution >= 0.6 is 0 Å². The van der Waals surface area contributed by atoms with Crippen molar-refractivity contribution in [3.05, 3.63) is 53.6 Å². The summed E-state index contributed by atoms with van der Waals surface area (Å²) in [6, 6.07) is 12.8. The topological polar surface area (TPSA) is 62.3 Å². The van der Waals surface area contributed by atoms with Crippen molar-refractivity contribution in [3.63, 3.8) is 0 Å². The largest absolute Gasteiger partial charge is 0.454 e. The maximum absolute atomic E-state index is 12.8. The molecule has 2 heterocycles. The van der Waals surface area contributed by atoms with E-state index in [1.165, 1.54) is 0 Å². The normalized spacial score (nSPS) is 15.5. The molecule has 0 radical (unpaired) electrons. The molecule has 1 saturated heterocycles. The van der Waals surface area contributed by atoms with Gasteiger partial charge in [-0.25, -0.2) is 0 Å². The van der Waals surface area contributed by atoms with Crippen LogP contribution in [0.3, 0.4) is 0 Å². The minimum Gasteiger partial charge on any atom is -0.454 e. The smallest absolute Gasteiger partial charge is 0.254 e. The number of ether oxygens (including phenoxy) is 2. The van der Waals surface area contributed by atoms with Crippen LogP contribution in [0.1, 0.15) is 20.7 Å². The molecule has 0 saturated carbocycles. The third-order valence-electron chi connectivity index (χ3n) is 5.08. The Labute approximate surface area is 164 Å². The number of rotatable bonds is 3. The van der Waals surface area contributed by atoms with Crippen LogP contribution in [0.5, 0.6) is 11.5 Å². The lowest BCUT2D eigenvalue weighted by molar-refractivity contribution is 0.0535. The van der Waals surface area contributed by atoms with Crippen molar-refractivity contribution in [1.29, 1.82) is 0 Å². The van der Waals surface area contributed by atoms with Gasteiger partial charge in [-0.1, -0.05) is 6.07 Å². The van der Waals surface area contributed by atoms with Gasteiger partial charge in [0.2, 0.25) is 6.79 Å². The predicted octanol–water partition coefficient (Wildman–Crippen LogP) is 2.08. The van der Waals surface area contributed by atoms with E-state index in [0.29, 0.717) is 48.8 Å². The van der Waals surface area contributed by atoms with E-state index in [1.54, 1.807) is 28.0 Å². The van der Waals surface area contributed by atoms with Gasteiger partial charge in [0.15, 0.2) is 11.5 Å². The minimum absolute atomic E-state index is 0.00104. The minimum atomic E-state index is -0.0556. The molecule has 0 bridgehead atoms. The molecular weight excluding hydrogens is 358 g/mol. The summed E-state index contributed by atoms with van der Waals surface area (Å²) in [5.41, 5.74) is 2.23. The summed E-state index contributed by atoms with van der Waals surface area (Å²) in [5.74, 6) is 1.20. The van der Waals surface area contributed by atoms with Crippen molar-refractivity contribution >= 4 is 17.5 Å². The molecule has 2 aromatic carbocycles. The first-order chi connectivity index (χ1) is 13.5. The van der Waals surface area contributed by atoms with Gasteiger partial charge in [-0.3, -0.25) is 9.59 Å². The quantitative estimate of drug-likeness (QED) is 0.815. The first kappa shape index (κ1) is 18.2. The van der Waals surface area contributed by atoms with Crippen LogP contribution < -0.4 is 14.4 Å². The van der Waals surface area contributed by atoms with Crippen molar-refractivity contribution in [2.75, 3.05) is 52.0 Å². The number of amides is 2. The third kappa shape index (κ3) is 3.47. The molecule has 28 heavy (non-hydrogen) atoms. The lowest BCUT2D eigenvalue weighted by atomic mass is 10.1. The van der Waals surface area contributed by atoms with Crippen LogP contribution in [-0.4, -0.2) is 68.7 Å². The van der Waals surface area contributed by atoms with E-state index in [1.807, 2.05) is 43.3 Å². The number of piperazine rings is 1. The van der Waals surface area contributed by atoms with Gasteiger partial charge in [0.25, 0.3) is 11.8 Å². The SMILES string of the molecule is CN(C)c1cccc(C(=O)N2CCN(C(=O)c3ccc4c(c3)OCO4)CC2)c1. The Morgan fingerprint density at radius 1 is 0.821 bits per heavy atom. The predicted molar refractivity (Wildman–Crippen MR) is 105 cm³/mol. The van der Waals surface area contributed by atoms with Gasteiger partial charge < -0.3 is 24.2 Å². The monoisotopic (exact) mass is 381 g/mol. The molecular formula is C21H23N3O4. The molecule has 2 amide bonds. The van der Waals surface area contributed by atoms with Crippen LogP contribution in [0.4, 0.5) is 5.69 Å². The zero-order valence-corrected chi connectivity index (χ0v) is 16.1. The second-order valence-corrected chi connectivity index (χ2v) is 7.10. The Bertz CT molecular complexity index is 904. The van der Waals surface area contributed by atoms with E-state index in [2.05, 4.69) is 0 Å². The Morgan fingerprint density at radius 2 is 1.43 bits per heavy atom. The van der Waals surface area contributed by atoms with Gasteiger partial charge in [0.05, 0.1) is 0 Å². The summed E-state index contributed by atoms with van der Waals surface area (Å²) in [6.07, 6.45) is 0. The lowest BCUT2D eigenvalue weighted by Gasteiger charge is -2.35. The zero-order chi connectivity index (χ0) is 19.7. The molecule has 2 aliphatic heterocycles. The van der Waals surface area contributed by atoms with E-state index < -0.39 is 0 Å². The van der Waals surface area contributed by atoms with Crippen molar-refractivity contribution in [1.82, 2.24) is 9.80 Å². The van der Waals surface area contributed by atoms with Crippen LogP contribution in [0.15, 0.2) is 42.5 Å². The molecule has 0 spiro atoms. The Balaban J connectivity index is 1.39. The molecule has 4 rings (SSSR count). The fourth-order valence-electron chi connectivity index (χ4n) is 3.42. The maximum atomic E-state index is 12.8. The number of hydrogen-bond donors (Lipinski definition) is 0. The second kappa shape index (κ2) is 7.42. The van der Waals surface area contributed by atoms with Crippen molar-refractivity contribution in [2.24, 2.45) is 0 Å². The number of anilines is 1. The van der Waals surface area contributed by atoms with E-state index in [-0.39, 0.29) is 18.6 Å². The van der Waals surface area contributed by atoms with E-state index in [4.69, 9.17) is 9.47 Å². The van der Waals surface area contributed by atoms with Crippen molar-refractivity contribution in [2.45, 2.75) is 0 Å². The summed E-state index contributed by atoms with van der Waals surface area (Å²) < 4.78 is 10.6. The van der Waals surface area contributed by atoms with Gasteiger partial charge >= 0.3 is 0 Å². The molecule has 0 N–H and O–H groups in total. The second-order valence-electron chi connectivity index (χ2n) is 7.10. The summed E-state index contributed by atoms with van der Waals surface area (Å²) in [5, 5.41) is 0. The summed E-state index contributed by atoms with van der Waals surface area (Å²) in [6.45, 7) is 2.23. The number of hydrogen-bond acceptors (Lipinski definition) is 5. The number of carbonyl (C=O) groups excluding carboxylic acids is 2. The van der Waals surface area contributed by atoms with Crippen molar-refractivity contribution in [3.8, 4) is 11.5 Å². The van der Waals surface area contributed by atoms with Gasteiger partial charge in [-0.2, -0.15) is 0 Å². The average molecular weight is 381 g/mol. The molecule has 2 aromatic rings. The van der Waals surface area contributed by atoms with Crippen molar-refractivity contribution < 1.29 is 19.1 Å². The van der Waals surface area contributed by atoms with Crippen LogP contribution in [0, 0.1) is 0 Å². The molecule has 0 atom stereocenters. The average Bonchev–Trinajstić information content (AvgIpc) is 3.20. The van der Waals surface area contributed by atoms with Crippen LogP contribution in [0.2, 0.25) is 0 Å². The Kier molecular flexibility index (Phi) is 4.81. The first-order valence-electron chi connectivity index (χ1n) is 9.28. The summed E-state index contributed by atoms with van der Waals surface area (Å²) in [4.78, 5) is 31.2. The standard InChI is InChI=1S/C21H23N3O4/c1-22(2)17-5-3-4-15(12-17)20(25)23-8-10-24(11-9-23)21(26)16-6-7-18-19(13-16)28-14-27-18/h3-7,12-13H,8-11,14H2,1-2H3. The fraction of sp³-hybridized carbons (Fsp3) is 0.333. The maximum Gasteiger partial charge on any atom is 0.254 e. The lowest BCUT2D eigenvalue weighted by Crippen LogP contribution is -2.50. The van der Waals surface area contributed by atoms with E-state index in [9.17, 15) is 9.59 Å². The molecule has 1 fully saturated rings. The van der Waals surface area contributed by atoms with Gasteiger partial charge in [-0.15, -0.1) is 0 Å². The molecule has 7 heteroatoms. The third-order valence-corrected chi connectivity index (χ3v) is 5.08. The highest BCUT2D eigenvalue weighted by Gasteiger charge is 2.26. The molecule has 0 aliphatic carbocycles. The Morgan fingerprint density at radius 3 is 2.07 bits per heavy atom. The summed E-state index contributed by atoms with van der Waals surface area (Å²) in [7, 11) is 3.90. The van der Waals surface area contributed by atoms with Crippen LogP contribution in [-0.2, 0) is 0 Å². The van der Waals surface area contributed by atoms with E-state index >= 15 is 0 Å². The van der Waals surface area contributed by atoms with E-state index in [0.717, 1.165) is 5.69 Å². The zero-order valence-electron chi connectivity index (χ0n) is 16.1. The highest BCUT2D eigenvalue weighted by molar-refractivity contribution is 5.96. The number of fused-ring (bicyclic) bond motifs is 1. The highest BCUT2D eigenvalue weighted by Crippen LogP contribution is 2.32. The molecule has 2 aliphatic rings. The number of carbonyl (C=O) groups is 2. The number of benzene rings is 2. The summed E-state index contributed by atoms with van der Waals surface area (Å²) >= 11 is 0. The van der Waals surface area contributed by atoms with Gasteiger partial charge in [0, 0.05) is 57.1 Å². The molecule has 146 valence electrons. The fourth-order valence-corrected chi connectivity index (χ4v) is 3.42. The van der Waals surface area contributed by atoms with Crippen LogP contribution in [0.25, 0.3) is 0 Å². The van der Waals surface area contributed by atoms with Gasteiger partial charge in [0.1, 0.15) is 0 Å².